The standard InChI is InChI=1S/C18H17Cl2NO3/c1-12(22)16-5-3-4-6-17(16)24-11-18(23)21(2)10-13-7-14(19)9-15(20)8-13/h3-9H,10-11H2,1-2H3. The molecule has 1 amide bonds. The molecule has 0 fully saturated rings. The van der Waals surface area contributed by atoms with E-state index in [-0.39, 0.29) is 18.3 Å². The normalized spacial score (nSPS) is 10.3. The minimum atomic E-state index is -0.218. The van der Waals surface area contributed by atoms with Crippen LogP contribution in [0.3, 0.4) is 0 Å². The molecule has 24 heavy (non-hydrogen) atoms. The molecule has 2 rings (SSSR count). The van der Waals surface area contributed by atoms with Gasteiger partial charge < -0.3 is 9.64 Å². The van der Waals surface area contributed by atoms with E-state index < -0.39 is 0 Å². The molecule has 0 N–H and O–H groups in total. The van der Waals surface area contributed by atoms with Crippen molar-refractivity contribution in [2.75, 3.05) is 13.7 Å². The van der Waals surface area contributed by atoms with Crippen molar-refractivity contribution in [2.24, 2.45) is 0 Å². The fraction of sp³-hybridized carbons (Fsp3) is 0.222. The quantitative estimate of drug-likeness (QED) is 0.719. The van der Waals surface area contributed by atoms with Crippen molar-refractivity contribution in [3.05, 3.63) is 63.6 Å². The van der Waals surface area contributed by atoms with Crippen LogP contribution in [0, 0.1) is 0 Å². The Morgan fingerprint density at radius 3 is 2.33 bits per heavy atom. The molecule has 0 unspecified atom stereocenters. The molecule has 0 aliphatic carbocycles. The van der Waals surface area contributed by atoms with Crippen molar-refractivity contribution in [3.8, 4) is 5.75 Å². The van der Waals surface area contributed by atoms with Crippen molar-refractivity contribution >= 4 is 34.9 Å². The van der Waals surface area contributed by atoms with E-state index in [1.54, 1.807) is 49.5 Å². The third kappa shape index (κ3) is 4.98. The summed E-state index contributed by atoms with van der Waals surface area (Å²) in [6.07, 6.45) is 0. The van der Waals surface area contributed by atoms with Gasteiger partial charge in [0.05, 0.1) is 5.56 Å². The summed E-state index contributed by atoms with van der Waals surface area (Å²) in [6, 6.07) is 12.0. The van der Waals surface area contributed by atoms with Crippen LogP contribution >= 0.6 is 23.2 Å². The molecule has 0 heterocycles. The Labute approximate surface area is 150 Å². The SMILES string of the molecule is CC(=O)c1ccccc1OCC(=O)N(C)Cc1cc(Cl)cc(Cl)c1. The Kier molecular flexibility index (Phi) is 6.23. The molecule has 0 aliphatic heterocycles. The third-order valence-corrected chi connectivity index (χ3v) is 3.82. The third-order valence-electron chi connectivity index (χ3n) is 3.39. The van der Waals surface area contributed by atoms with E-state index in [0.717, 1.165) is 5.56 Å². The van der Waals surface area contributed by atoms with Gasteiger partial charge in [-0.25, -0.2) is 0 Å². The molecule has 0 aliphatic rings. The fourth-order valence-electron chi connectivity index (χ4n) is 2.20. The largest absolute Gasteiger partial charge is 0.483 e. The van der Waals surface area contributed by atoms with Crippen LogP contribution in [-0.4, -0.2) is 30.2 Å². The minimum Gasteiger partial charge on any atom is -0.483 e. The summed E-state index contributed by atoms with van der Waals surface area (Å²) in [6.45, 7) is 1.66. The maximum absolute atomic E-state index is 12.2. The van der Waals surface area contributed by atoms with Gasteiger partial charge in [0.1, 0.15) is 5.75 Å². The van der Waals surface area contributed by atoms with E-state index in [1.165, 1.54) is 11.8 Å². The van der Waals surface area contributed by atoms with Gasteiger partial charge in [0.2, 0.25) is 0 Å². The number of Topliss-reactive ketones (excluding diaryl/α,β-unsaturated/α-hetero) is 1. The first-order valence-corrected chi connectivity index (χ1v) is 8.04. The van der Waals surface area contributed by atoms with Crippen molar-refractivity contribution in [3.63, 3.8) is 0 Å². The summed E-state index contributed by atoms with van der Waals surface area (Å²) in [5.41, 5.74) is 1.28. The highest BCUT2D eigenvalue weighted by atomic mass is 35.5. The Hall–Kier alpha value is -2.04. The number of halogens is 2. The highest BCUT2D eigenvalue weighted by molar-refractivity contribution is 6.34. The van der Waals surface area contributed by atoms with E-state index in [2.05, 4.69) is 0 Å². The first-order chi connectivity index (χ1) is 11.4. The topological polar surface area (TPSA) is 46.6 Å². The molecule has 2 aromatic carbocycles. The van der Waals surface area contributed by atoms with Crippen molar-refractivity contribution in [1.82, 2.24) is 4.90 Å². The number of carbonyl (C=O) groups excluding carboxylic acids is 2. The number of para-hydroxylation sites is 1. The number of likely N-dealkylation sites (N-methyl/N-ethyl adjacent to an activating group) is 1. The molecule has 4 nitrogen and oxygen atoms in total. The Morgan fingerprint density at radius 1 is 1.08 bits per heavy atom. The monoisotopic (exact) mass is 365 g/mol. The zero-order valence-corrected chi connectivity index (χ0v) is 14.9. The Morgan fingerprint density at radius 2 is 1.71 bits per heavy atom. The van der Waals surface area contributed by atoms with Crippen LogP contribution in [0.5, 0.6) is 5.75 Å². The van der Waals surface area contributed by atoms with Crippen molar-refractivity contribution < 1.29 is 14.3 Å². The van der Waals surface area contributed by atoms with Gasteiger partial charge in [0, 0.05) is 23.6 Å². The molecule has 0 spiro atoms. The molecule has 126 valence electrons. The van der Waals surface area contributed by atoms with Gasteiger partial charge in [-0.15, -0.1) is 0 Å². The van der Waals surface area contributed by atoms with E-state index in [1.807, 2.05) is 0 Å². The number of ether oxygens (including phenoxy) is 1. The van der Waals surface area contributed by atoms with Gasteiger partial charge in [-0.05, 0) is 42.8 Å². The fourth-order valence-corrected chi connectivity index (χ4v) is 2.77. The first-order valence-electron chi connectivity index (χ1n) is 7.28. The average molecular weight is 366 g/mol. The van der Waals surface area contributed by atoms with Gasteiger partial charge in [0.25, 0.3) is 5.91 Å². The number of hydrogen-bond acceptors (Lipinski definition) is 3. The summed E-state index contributed by atoms with van der Waals surface area (Å²) in [7, 11) is 1.66. The lowest BCUT2D eigenvalue weighted by Gasteiger charge is -2.18. The van der Waals surface area contributed by atoms with Crippen molar-refractivity contribution in [2.45, 2.75) is 13.5 Å². The second kappa shape index (κ2) is 8.18. The summed E-state index contributed by atoms with van der Waals surface area (Å²) in [5, 5.41) is 1.04. The van der Waals surface area contributed by atoms with Crippen LogP contribution in [0.1, 0.15) is 22.8 Å². The Bertz CT molecular complexity index is 741. The molecule has 2 aromatic rings. The van der Waals surface area contributed by atoms with E-state index >= 15 is 0 Å². The van der Waals surface area contributed by atoms with Crippen LogP contribution in [0.4, 0.5) is 0 Å². The molecule has 0 radical (unpaired) electrons. The summed E-state index contributed by atoms with van der Waals surface area (Å²) in [5.74, 6) is 0.0713. The molecule has 0 atom stereocenters. The molecule has 6 heteroatoms. The van der Waals surface area contributed by atoms with Gasteiger partial charge in [-0.3, -0.25) is 9.59 Å². The predicted octanol–water partition coefficient (Wildman–Crippen LogP) is 4.23. The molecule has 0 aromatic heterocycles. The van der Waals surface area contributed by atoms with Gasteiger partial charge in [-0.2, -0.15) is 0 Å². The molecular formula is C18H17Cl2NO3. The lowest BCUT2D eigenvalue weighted by Crippen LogP contribution is -2.31. The lowest BCUT2D eigenvalue weighted by molar-refractivity contribution is -0.132. The predicted molar refractivity (Wildman–Crippen MR) is 94.9 cm³/mol. The summed E-state index contributed by atoms with van der Waals surface area (Å²) >= 11 is 11.9. The maximum atomic E-state index is 12.2. The number of nitrogens with zero attached hydrogens (tertiary/aromatic N) is 1. The van der Waals surface area contributed by atoms with Crippen LogP contribution in [0.2, 0.25) is 10.0 Å². The summed E-state index contributed by atoms with van der Waals surface area (Å²) < 4.78 is 5.50. The average Bonchev–Trinajstić information content (AvgIpc) is 2.51. The van der Waals surface area contributed by atoms with Gasteiger partial charge in [-0.1, -0.05) is 35.3 Å². The van der Waals surface area contributed by atoms with E-state index in [9.17, 15) is 9.59 Å². The second-order valence-electron chi connectivity index (χ2n) is 5.37. The highest BCUT2D eigenvalue weighted by Gasteiger charge is 2.13. The Balaban J connectivity index is 1.98. The van der Waals surface area contributed by atoms with Crippen LogP contribution in [0.15, 0.2) is 42.5 Å². The maximum Gasteiger partial charge on any atom is 0.260 e. The number of benzene rings is 2. The smallest absolute Gasteiger partial charge is 0.260 e. The zero-order chi connectivity index (χ0) is 17.7. The van der Waals surface area contributed by atoms with Gasteiger partial charge >= 0.3 is 0 Å². The first kappa shape index (κ1) is 18.3. The van der Waals surface area contributed by atoms with Crippen LogP contribution in [0.25, 0.3) is 0 Å². The molecule has 0 bridgehead atoms. The lowest BCUT2D eigenvalue weighted by atomic mass is 10.1. The number of carbonyl (C=O) groups is 2. The zero-order valence-electron chi connectivity index (χ0n) is 13.4. The van der Waals surface area contributed by atoms with E-state index in [0.29, 0.717) is 27.9 Å². The minimum absolute atomic E-state index is 0.111. The number of rotatable bonds is 6. The molecular weight excluding hydrogens is 349 g/mol. The van der Waals surface area contributed by atoms with Crippen molar-refractivity contribution in [1.29, 1.82) is 0 Å². The van der Waals surface area contributed by atoms with Crippen LogP contribution < -0.4 is 4.74 Å². The van der Waals surface area contributed by atoms with Gasteiger partial charge in [0.15, 0.2) is 12.4 Å². The second-order valence-corrected chi connectivity index (χ2v) is 6.24. The number of amides is 1. The number of ketones is 1. The number of hydrogen-bond donors (Lipinski definition) is 0. The molecule has 0 saturated heterocycles. The van der Waals surface area contributed by atoms with E-state index in [4.69, 9.17) is 27.9 Å². The summed E-state index contributed by atoms with van der Waals surface area (Å²) in [4.78, 5) is 25.3. The molecule has 0 saturated carbocycles. The highest BCUT2D eigenvalue weighted by Crippen LogP contribution is 2.21. The van der Waals surface area contributed by atoms with Crippen LogP contribution in [-0.2, 0) is 11.3 Å².